The average molecular weight is 378 g/mol. The third kappa shape index (κ3) is 4.18. The molecule has 0 radical (unpaired) electrons. The highest BCUT2D eigenvalue weighted by atomic mass is 32.2. The van der Waals surface area contributed by atoms with Crippen LogP contribution in [0.1, 0.15) is 38.6 Å². The van der Waals surface area contributed by atoms with Crippen molar-refractivity contribution in [3.8, 4) is 6.07 Å². The van der Waals surface area contributed by atoms with E-state index >= 15 is 0 Å². The quantitative estimate of drug-likeness (QED) is 0.661. The molecule has 6 nitrogen and oxygen atoms in total. The van der Waals surface area contributed by atoms with E-state index in [4.69, 9.17) is 4.52 Å². The maximum absolute atomic E-state index is 12.6. The normalized spacial score (nSPS) is 10.4. The highest BCUT2D eigenvalue weighted by Crippen LogP contribution is 2.28. The maximum atomic E-state index is 12.6. The zero-order valence-corrected chi connectivity index (χ0v) is 16.1. The summed E-state index contributed by atoms with van der Waals surface area (Å²) in [6.45, 7) is 5.51. The number of aromatic nitrogens is 2. The Morgan fingerprint density at radius 2 is 1.96 bits per heavy atom. The molecule has 0 spiro atoms. The number of para-hydroxylation sites is 1. The summed E-state index contributed by atoms with van der Waals surface area (Å²) in [6, 6.07) is 12.9. The number of nitrogens with zero attached hydrogens (tertiary/aromatic N) is 3. The average Bonchev–Trinajstić information content (AvgIpc) is 2.98. The van der Waals surface area contributed by atoms with Crippen LogP contribution in [0.5, 0.6) is 0 Å². The summed E-state index contributed by atoms with van der Waals surface area (Å²) in [7, 11) is 0. The largest absolute Gasteiger partial charge is 0.361 e. The van der Waals surface area contributed by atoms with Gasteiger partial charge < -0.3 is 9.84 Å². The molecular weight excluding hydrogens is 360 g/mol. The SMILES string of the molecule is Cc1nc(SCc2c(C)noc2C)c(C#N)cc1C(=O)Nc1ccccc1. The van der Waals surface area contributed by atoms with Gasteiger partial charge in [0, 0.05) is 17.0 Å². The van der Waals surface area contributed by atoms with E-state index in [0.29, 0.717) is 33.3 Å². The number of rotatable bonds is 5. The first-order valence-electron chi connectivity index (χ1n) is 8.32. The Kier molecular flexibility index (Phi) is 5.57. The third-order valence-electron chi connectivity index (χ3n) is 4.11. The third-order valence-corrected chi connectivity index (χ3v) is 5.13. The molecule has 2 heterocycles. The van der Waals surface area contributed by atoms with Gasteiger partial charge in [0.2, 0.25) is 0 Å². The van der Waals surface area contributed by atoms with Crippen molar-refractivity contribution in [1.82, 2.24) is 10.1 Å². The van der Waals surface area contributed by atoms with E-state index in [9.17, 15) is 10.1 Å². The van der Waals surface area contributed by atoms with Gasteiger partial charge in [-0.1, -0.05) is 23.4 Å². The molecule has 1 amide bonds. The van der Waals surface area contributed by atoms with Crippen molar-refractivity contribution in [2.75, 3.05) is 5.32 Å². The van der Waals surface area contributed by atoms with Gasteiger partial charge in [0.1, 0.15) is 16.9 Å². The van der Waals surface area contributed by atoms with Gasteiger partial charge >= 0.3 is 0 Å². The number of amides is 1. The first-order chi connectivity index (χ1) is 13.0. The van der Waals surface area contributed by atoms with E-state index in [1.807, 2.05) is 32.0 Å². The summed E-state index contributed by atoms with van der Waals surface area (Å²) < 4.78 is 5.17. The van der Waals surface area contributed by atoms with Crippen LogP contribution in [-0.2, 0) is 5.75 Å². The van der Waals surface area contributed by atoms with Crippen LogP contribution in [0, 0.1) is 32.1 Å². The lowest BCUT2D eigenvalue weighted by atomic mass is 10.1. The van der Waals surface area contributed by atoms with E-state index in [1.165, 1.54) is 11.8 Å². The minimum absolute atomic E-state index is 0.287. The second kappa shape index (κ2) is 8.06. The lowest BCUT2D eigenvalue weighted by molar-refractivity contribution is 0.102. The number of aryl methyl sites for hydroxylation is 3. The molecule has 0 atom stereocenters. The summed E-state index contributed by atoms with van der Waals surface area (Å²) >= 11 is 1.43. The molecule has 1 aromatic carbocycles. The minimum atomic E-state index is -0.287. The molecule has 0 unspecified atom stereocenters. The molecule has 3 rings (SSSR count). The van der Waals surface area contributed by atoms with Gasteiger partial charge in [-0.15, -0.1) is 11.8 Å². The fraction of sp³-hybridized carbons (Fsp3) is 0.200. The number of hydrogen-bond donors (Lipinski definition) is 1. The Balaban J connectivity index is 1.83. The summed E-state index contributed by atoms with van der Waals surface area (Å²) in [6.07, 6.45) is 0. The van der Waals surface area contributed by atoms with E-state index in [1.54, 1.807) is 25.1 Å². The molecule has 0 fully saturated rings. The van der Waals surface area contributed by atoms with Crippen molar-refractivity contribution in [3.63, 3.8) is 0 Å². The van der Waals surface area contributed by atoms with Crippen LogP contribution < -0.4 is 5.32 Å². The van der Waals surface area contributed by atoms with E-state index in [0.717, 1.165) is 17.0 Å². The predicted molar refractivity (Wildman–Crippen MR) is 104 cm³/mol. The number of anilines is 1. The second-order valence-electron chi connectivity index (χ2n) is 6.00. The van der Waals surface area contributed by atoms with Crippen LogP contribution in [0.2, 0.25) is 0 Å². The molecule has 1 N–H and O–H groups in total. The molecule has 0 saturated carbocycles. The number of pyridine rings is 1. The molecular formula is C20H18N4O2S. The van der Waals surface area contributed by atoms with Crippen molar-refractivity contribution >= 4 is 23.4 Å². The monoisotopic (exact) mass is 378 g/mol. The number of nitrogens with one attached hydrogen (secondary N) is 1. The predicted octanol–water partition coefficient (Wildman–Crippen LogP) is 4.41. The summed E-state index contributed by atoms with van der Waals surface area (Å²) in [5.41, 5.74) is 3.84. The Morgan fingerprint density at radius 3 is 2.59 bits per heavy atom. The van der Waals surface area contributed by atoms with Crippen molar-refractivity contribution in [2.24, 2.45) is 0 Å². The van der Waals surface area contributed by atoms with Crippen LogP contribution in [0.25, 0.3) is 0 Å². The topological polar surface area (TPSA) is 91.8 Å². The summed E-state index contributed by atoms with van der Waals surface area (Å²) in [5.74, 6) is 1.07. The smallest absolute Gasteiger partial charge is 0.257 e. The zero-order valence-electron chi connectivity index (χ0n) is 15.2. The minimum Gasteiger partial charge on any atom is -0.361 e. The Bertz CT molecular complexity index is 1000. The van der Waals surface area contributed by atoms with Crippen LogP contribution in [0.3, 0.4) is 0 Å². The van der Waals surface area contributed by atoms with Gasteiger partial charge in [-0.25, -0.2) is 4.98 Å². The molecule has 0 aliphatic carbocycles. The molecule has 3 aromatic rings. The molecule has 136 valence electrons. The van der Waals surface area contributed by atoms with Crippen molar-refractivity contribution < 1.29 is 9.32 Å². The Morgan fingerprint density at radius 1 is 1.22 bits per heavy atom. The van der Waals surface area contributed by atoms with Gasteiger partial charge in [-0.05, 0) is 39.0 Å². The second-order valence-corrected chi connectivity index (χ2v) is 6.96. The van der Waals surface area contributed by atoms with E-state index in [-0.39, 0.29) is 5.91 Å². The van der Waals surface area contributed by atoms with Gasteiger partial charge in [0.05, 0.1) is 22.5 Å². The Hall–Kier alpha value is -3.11. The number of benzene rings is 1. The maximum Gasteiger partial charge on any atom is 0.257 e. The molecule has 2 aromatic heterocycles. The lowest BCUT2D eigenvalue weighted by Gasteiger charge is -2.10. The lowest BCUT2D eigenvalue weighted by Crippen LogP contribution is -2.15. The number of thioether (sulfide) groups is 1. The van der Waals surface area contributed by atoms with Gasteiger partial charge in [0.25, 0.3) is 5.91 Å². The van der Waals surface area contributed by atoms with Crippen LogP contribution in [0.4, 0.5) is 5.69 Å². The molecule has 0 aliphatic rings. The summed E-state index contributed by atoms with van der Waals surface area (Å²) in [4.78, 5) is 17.1. The number of carbonyl (C=O) groups is 1. The molecule has 7 heteroatoms. The fourth-order valence-corrected chi connectivity index (χ4v) is 3.73. The van der Waals surface area contributed by atoms with Gasteiger partial charge in [0.15, 0.2) is 0 Å². The highest BCUT2D eigenvalue weighted by Gasteiger charge is 2.17. The zero-order chi connectivity index (χ0) is 19.4. The fourth-order valence-electron chi connectivity index (χ4n) is 2.57. The van der Waals surface area contributed by atoms with Crippen LogP contribution in [0.15, 0.2) is 45.9 Å². The number of carbonyl (C=O) groups excluding carboxylic acids is 1. The number of hydrogen-bond acceptors (Lipinski definition) is 6. The van der Waals surface area contributed by atoms with Crippen molar-refractivity contribution in [1.29, 1.82) is 5.26 Å². The summed E-state index contributed by atoms with van der Waals surface area (Å²) in [5, 5.41) is 16.9. The van der Waals surface area contributed by atoms with E-state index < -0.39 is 0 Å². The van der Waals surface area contributed by atoms with Crippen LogP contribution >= 0.6 is 11.8 Å². The van der Waals surface area contributed by atoms with Crippen molar-refractivity contribution in [2.45, 2.75) is 31.6 Å². The molecule has 0 aliphatic heterocycles. The molecule has 0 saturated heterocycles. The van der Waals surface area contributed by atoms with Gasteiger partial charge in [-0.2, -0.15) is 5.26 Å². The first-order valence-corrected chi connectivity index (χ1v) is 9.31. The number of nitriles is 1. The standard InChI is InChI=1S/C20H18N4O2S/c1-12-17(19(25)23-16-7-5-4-6-8-16)9-15(10-21)20(22-12)27-11-18-13(2)24-26-14(18)3/h4-9H,11H2,1-3H3,(H,23,25). The molecule has 27 heavy (non-hydrogen) atoms. The van der Waals surface area contributed by atoms with Crippen molar-refractivity contribution in [3.05, 3.63) is 70.2 Å². The van der Waals surface area contributed by atoms with E-state index in [2.05, 4.69) is 21.5 Å². The first kappa shape index (κ1) is 18.7. The van der Waals surface area contributed by atoms with Gasteiger partial charge in [-0.3, -0.25) is 4.79 Å². The Labute approximate surface area is 161 Å². The molecule has 0 bridgehead atoms. The highest BCUT2D eigenvalue weighted by molar-refractivity contribution is 7.98. The van der Waals surface area contributed by atoms with Crippen LogP contribution in [-0.4, -0.2) is 16.0 Å².